The van der Waals surface area contributed by atoms with Crippen LogP contribution in [-0.4, -0.2) is 35.9 Å². The van der Waals surface area contributed by atoms with Crippen LogP contribution in [0.3, 0.4) is 0 Å². The average molecular weight is 263 g/mol. The van der Waals surface area contributed by atoms with E-state index in [1.54, 1.807) is 0 Å². The zero-order chi connectivity index (χ0) is 14.5. The smallest absolute Gasteiger partial charge is 0.186 e. The number of carbonyl (C=O) groups excluding carboxylic acids is 1. The van der Waals surface area contributed by atoms with E-state index >= 15 is 0 Å². The van der Waals surface area contributed by atoms with Crippen LogP contribution in [-0.2, 0) is 0 Å². The van der Waals surface area contributed by atoms with Gasteiger partial charge in [-0.3, -0.25) is 9.69 Å². The van der Waals surface area contributed by atoms with Crippen molar-refractivity contribution in [1.29, 1.82) is 0 Å². The molecule has 0 spiro atoms. The van der Waals surface area contributed by atoms with Crippen molar-refractivity contribution < 1.29 is 9.53 Å². The highest BCUT2D eigenvalue weighted by molar-refractivity contribution is 6.04. The Bertz CT molecular complexity index is 423. The number of para-hydroxylation sites is 1. The Balaban J connectivity index is 3.12. The lowest BCUT2D eigenvalue weighted by atomic mass is 9.90. The quantitative estimate of drug-likeness (QED) is 0.706. The molecule has 3 nitrogen and oxygen atoms in total. The summed E-state index contributed by atoms with van der Waals surface area (Å²) >= 11 is 0. The van der Waals surface area contributed by atoms with Gasteiger partial charge in [0.1, 0.15) is 5.75 Å². The molecule has 0 N–H and O–H groups in total. The van der Waals surface area contributed by atoms with Crippen LogP contribution in [0.4, 0.5) is 0 Å². The van der Waals surface area contributed by atoms with Crippen LogP contribution < -0.4 is 4.74 Å². The summed E-state index contributed by atoms with van der Waals surface area (Å²) in [4.78, 5) is 15.0. The Morgan fingerprint density at radius 3 is 2.26 bits per heavy atom. The predicted octanol–water partition coefficient (Wildman–Crippen LogP) is 3.39. The third kappa shape index (κ3) is 3.35. The van der Waals surface area contributed by atoms with E-state index in [1.165, 1.54) is 0 Å². The van der Waals surface area contributed by atoms with Crippen LogP contribution in [0.2, 0.25) is 0 Å². The molecule has 0 atom stereocenters. The molecule has 19 heavy (non-hydrogen) atoms. The van der Waals surface area contributed by atoms with Crippen molar-refractivity contribution in [2.24, 2.45) is 0 Å². The van der Waals surface area contributed by atoms with Gasteiger partial charge in [-0.1, -0.05) is 26.0 Å². The Labute approximate surface area is 116 Å². The van der Waals surface area contributed by atoms with Gasteiger partial charge in [0, 0.05) is 0 Å². The van der Waals surface area contributed by atoms with Gasteiger partial charge in [0.25, 0.3) is 0 Å². The fraction of sp³-hybridized carbons (Fsp3) is 0.562. The summed E-state index contributed by atoms with van der Waals surface area (Å²) in [6.07, 6.45) is 0. The monoisotopic (exact) mass is 263 g/mol. The van der Waals surface area contributed by atoms with Gasteiger partial charge >= 0.3 is 0 Å². The number of ketones is 1. The zero-order valence-electron chi connectivity index (χ0n) is 12.7. The van der Waals surface area contributed by atoms with Gasteiger partial charge in [-0.25, -0.2) is 0 Å². The Kier molecular flexibility index (Phi) is 5.55. The number of likely N-dealkylation sites (N-methyl/N-ethyl adjacent to an activating group) is 1. The van der Waals surface area contributed by atoms with Gasteiger partial charge in [-0.15, -0.1) is 0 Å². The third-order valence-electron chi connectivity index (χ3n) is 3.54. The number of Topliss-reactive ketones (excluding diaryl/α,β-unsaturated/α-hetero) is 1. The Hall–Kier alpha value is -1.35. The van der Waals surface area contributed by atoms with Crippen LogP contribution in [0.5, 0.6) is 5.75 Å². The van der Waals surface area contributed by atoms with Gasteiger partial charge in [0.15, 0.2) is 5.78 Å². The largest absolute Gasteiger partial charge is 0.493 e. The maximum atomic E-state index is 12.8. The summed E-state index contributed by atoms with van der Waals surface area (Å²) in [5.74, 6) is 0.787. The van der Waals surface area contributed by atoms with E-state index < -0.39 is 5.54 Å². The molecule has 0 unspecified atom stereocenters. The molecule has 0 saturated carbocycles. The van der Waals surface area contributed by atoms with Gasteiger partial charge in [-0.2, -0.15) is 0 Å². The molecule has 0 amide bonds. The van der Waals surface area contributed by atoms with E-state index in [0.717, 1.165) is 13.1 Å². The van der Waals surface area contributed by atoms with Crippen molar-refractivity contribution in [3.63, 3.8) is 0 Å². The highest BCUT2D eigenvalue weighted by Gasteiger charge is 2.34. The minimum atomic E-state index is -0.517. The lowest BCUT2D eigenvalue weighted by Gasteiger charge is -2.36. The first-order chi connectivity index (χ1) is 8.98. The fourth-order valence-electron chi connectivity index (χ4n) is 2.42. The number of nitrogens with zero attached hydrogens (tertiary/aromatic N) is 1. The van der Waals surface area contributed by atoms with Crippen molar-refractivity contribution >= 4 is 5.78 Å². The summed E-state index contributed by atoms with van der Waals surface area (Å²) in [6.45, 7) is 12.3. The lowest BCUT2D eigenvalue weighted by Crippen LogP contribution is -2.50. The second-order valence-electron chi connectivity index (χ2n) is 4.99. The Morgan fingerprint density at radius 2 is 1.74 bits per heavy atom. The second-order valence-corrected chi connectivity index (χ2v) is 4.99. The first kappa shape index (κ1) is 15.7. The number of hydrogen-bond donors (Lipinski definition) is 0. The number of hydrogen-bond acceptors (Lipinski definition) is 3. The molecule has 1 rings (SSSR count). The van der Waals surface area contributed by atoms with Gasteiger partial charge in [0.2, 0.25) is 0 Å². The molecule has 0 aliphatic rings. The molecular weight excluding hydrogens is 238 g/mol. The number of carbonyl (C=O) groups is 1. The van der Waals surface area contributed by atoms with Crippen LogP contribution in [0.15, 0.2) is 24.3 Å². The van der Waals surface area contributed by atoms with Crippen LogP contribution in [0.1, 0.15) is 45.0 Å². The maximum Gasteiger partial charge on any atom is 0.186 e. The molecule has 0 aliphatic carbocycles. The van der Waals surface area contributed by atoms with Crippen molar-refractivity contribution in [1.82, 2.24) is 4.90 Å². The summed E-state index contributed by atoms with van der Waals surface area (Å²) < 4.78 is 5.56. The maximum absolute atomic E-state index is 12.8. The normalized spacial score (nSPS) is 11.7. The number of rotatable bonds is 7. The first-order valence-electron chi connectivity index (χ1n) is 7.00. The van der Waals surface area contributed by atoms with Crippen LogP contribution in [0, 0.1) is 0 Å². The number of benzene rings is 1. The van der Waals surface area contributed by atoms with Crippen molar-refractivity contribution in [3.8, 4) is 5.75 Å². The third-order valence-corrected chi connectivity index (χ3v) is 3.54. The van der Waals surface area contributed by atoms with E-state index in [-0.39, 0.29) is 5.78 Å². The van der Waals surface area contributed by atoms with Gasteiger partial charge in [-0.05, 0) is 46.0 Å². The van der Waals surface area contributed by atoms with Gasteiger partial charge < -0.3 is 4.74 Å². The summed E-state index contributed by atoms with van der Waals surface area (Å²) in [5.41, 5.74) is 0.151. The minimum Gasteiger partial charge on any atom is -0.493 e. The highest BCUT2D eigenvalue weighted by Crippen LogP contribution is 2.26. The molecule has 0 fully saturated rings. The molecule has 0 heterocycles. The van der Waals surface area contributed by atoms with E-state index in [0.29, 0.717) is 17.9 Å². The predicted molar refractivity (Wildman–Crippen MR) is 78.9 cm³/mol. The highest BCUT2D eigenvalue weighted by atomic mass is 16.5. The number of ether oxygens (including phenoxy) is 1. The van der Waals surface area contributed by atoms with Crippen molar-refractivity contribution in [2.45, 2.75) is 40.2 Å². The van der Waals surface area contributed by atoms with E-state index in [1.807, 2.05) is 45.0 Å². The molecular formula is C16H25NO2. The summed E-state index contributed by atoms with van der Waals surface area (Å²) in [5, 5.41) is 0. The molecule has 0 saturated heterocycles. The van der Waals surface area contributed by atoms with Crippen molar-refractivity contribution in [2.75, 3.05) is 19.7 Å². The van der Waals surface area contributed by atoms with Crippen LogP contribution in [0.25, 0.3) is 0 Å². The lowest BCUT2D eigenvalue weighted by molar-refractivity contribution is 0.0665. The van der Waals surface area contributed by atoms with E-state index in [4.69, 9.17) is 4.74 Å². The molecule has 0 radical (unpaired) electrons. The molecule has 3 heteroatoms. The van der Waals surface area contributed by atoms with Gasteiger partial charge in [0.05, 0.1) is 17.7 Å². The minimum absolute atomic E-state index is 0.111. The Morgan fingerprint density at radius 1 is 1.16 bits per heavy atom. The van der Waals surface area contributed by atoms with Crippen LogP contribution >= 0.6 is 0 Å². The van der Waals surface area contributed by atoms with Crippen molar-refractivity contribution in [3.05, 3.63) is 29.8 Å². The average Bonchev–Trinajstić information content (AvgIpc) is 2.40. The standard InChI is InChI=1S/C16H25NO2/c1-6-17(7-2)16(4,5)15(18)13-11-9-10-12-14(13)19-8-3/h9-12H,6-8H2,1-5H3. The first-order valence-corrected chi connectivity index (χ1v) is 7.00. The summed E-state index contributed by atoms with van der Waals surface area (Å²) in [7, 11) is 0. The molecule has 0 aromatic heterocycles. The molecule has 0 bridgehead atoms. The molecule has 0 aliphatic heterocycles. The summed E-state index contributed by atoms with van der Waals surface area (Å²) in [6, 6.07) is 7.48. The molecule has 106 valence electrons. The molecule has 1 aromatic rings. The van der Waals surface area contributed by atoms with E-state index in [2.05, 4.69) is 18.7 Å². The molecule has 1 aromatic carbocycles. The topological polar surface area (TPSA) is 29.5 Å². The fourth-order valence-corrected chi connectivity index (χ4v) is 2.42. The zero-order valence-corrected chi connectivity index (χ0v) is 12.7. The second kappa shape index (κ2) is 6.71. The van der Waals surface area contributed by atoms with E-state index in [9.17, 15) is 4.79 Å². The SMILES string of the molecule is CCOc1ccccc1C(=O)C(C)(C)N(CC)CC.